The van der Waals surface area contributed by atoms with Crippen LogP contribution in [0, 0.1) is 11.8 Å². The molecule has 0 aromatic heterocycles. The Hall–Kier alpha value is -0.340. The highest BCUT2D eigenvalue weighted by molar-refractivity contribution is 5.01. The van der Waals surface area contributed by atoms with Gasteiger partial charge >= 0.3 is 0 Å². The highest BCUT2D eigenvalue weighted by Crippen LogP contribution is 2.25. The zero-order chi connectivity index (χ0) is 14.0. The summed E-state index contributed by atoms with van der Waals surface area (Å²) < 4.78 is 0. The molecular weight excluding hydrogens is 224 g/mol. The molecule has 0 aromatic rings. The van der Waals surface area contributed by atoms with Gasteiger partial charge in [0.25, 0.3) is 0 Å². The number of rotatable bonds is 11. The Labute approximate surface area is 113 Å². The van der Waals surface area contributed by atoms with E-state index < -0.39 is 6.10 Å². The quantitative estimate of drug-likeness (QED) is 0.434. The Kier molecular flexibility index (Phi) is 10.4. The van der Waals surface area contributed by atoms with Gasteiger partial charge < -0.3 is 10.2 Å². The summed E-state index contributed by atoms with van der Waals surface area (Å²) in [6.45, 7) is 10.5. The van der Waals surface area contributed by atoms with Crippen LogP contribution in [0.2, 0.25) is 0 Å². The molecule has 0 aliphatic rings. The molecule has 2 atom stereocenters. The van der Waals surface area contributed by atoms with Crippen LogP contribution in [0.15, 0.2) is 12.2 Å². The second kappa shape index (κ2) is 10.6. The van der Waals surface area contributed by atoms with Gasteiger partial charge in [0, 0.05) is 0 Å². The zero-order valence-electron chi connectivity index (χ0n) is 12.5. The molecule has 0 fully saturated rings. The van der Waals surface area contributed by atoms with Crippen molar-refractivity contribution in [3.05, 3.63) is 12.2 Å². The van der Waals surface area contributed by atoms with E-state index in [0.717, 1.165) is 30.3 Å². The minimum absolute atomic E-state index is 0.205. The van der Waals surface area contributed by atoms with Crippen LogP contribution >= 0.6 is 0 Å². The van der Waals surface area contributed by atoms with Crippen LogP contribution in [0.5, 0.6) is 0 Å². The monoisotopic (exact) mass is 256 g/mol. The van der Waals surface area contributed by atoms with Crippen molar-refractivity contribution in [3.63, 3.8) is 0 Å². The molecule has 0 radical (unpaired) electrons. The summed E-state index contributed by atoms with van der Waals surface area (Å²) in [6.07, 6.45) is 7.65. The van der Waals surface area contributed by atoms with Crippen molar-refractivity contribution in [2.75, 3.05) is 6.61 Å². The first kappa shape index (κ1) is 17.7. The smallest absolute Gasteiger partial charge is 0.0978 e. The van der Waals surface area contributed by atoms with Crippen molar-refractivity contribution in [1.29, 1.82) is 0 Å². The van der Waals surface area contributed by atoms with Gasteiger partial charge in [0.05, 0.1) is 12.7 Å². The van der Waals surface area contributed by atoms with Gasteiger partial charge in [0.1, 0.15) is 0 Å². The van der Waals surface area contributed by atoms with Gasteiger partial charge in [-0.3, -0.25) is 0 Å². The van der Waals surface area contributed by atoms with Crippen LogP contribution in [0.25, 0.3) is 0 Å². The summed E-state index contributed by atoms with van der Waals surface area (Å²) in [4.78, 5) is 0. The zero-order valence-corrected chi connectivity index (χ0v) is 12.5. The summed E-state index contributed by atoms with van der Waals surface area (Å²) >= 11 is 0. The van der Waals surface area contributed by atoms with Crippen LogP contribution in [-0.4, -0.2) is 22.9 Å². The average molecular weight is 256 g/mol. The maximum Gasteiger partial charge on any atom is 0.0978 e. The van der Waals surface area contributed by atoms with Crippen molar-refractivity contribution < 1.29 is 10.2 Å². The van der Waals surface area contributed by atoms with E-state index in [4.69, 9.17) is 5.11 Å². The molecule has 0 saturated heterocycles. The fraction of sp³-hybridized carbons (Fsp3) is 0.875. The molecule has 0 unspecified atom stereocenters. The van der Waals surface area contributed by atoms with Gasteiger partial charge in [-0.25, -0.2) is 0 Å². The first-order chi connectivity index (χ1) is 8.52. The lowest BCUT2D eigenvalue weighted by Crippen LogP contribution is -2.15. The average Bonchev–Trinajstić information content (AvgIpc) is 2.35. The van der Waals surface area contributed by atoms with Crippen molar-refractivity contribution in [2.24, 2.45) is 11.8 Å². The predicted octanol–water partition coefficient (Wildman–Crippen LogP) is 3.92. The Morgan fingerprint density at radius 3 is 2.22 bits per heavy atom. The SMILES string of the molecule is C=C(CCC[C@@H](CCCCC)C(C)C)[C@@H](O)CO. The van der Waals surface area contributed by atoms with Crippen molar-refractivity contribution >= 4 is 0 Å². The molecule has 0 bridgehead atoms. The fourth-order valence-electron chi connectivity index (χ4n) is 2.35. The third kappa shape index (κ3) is 7.88. The third-order valence-corrected chi connectivity index (χ3v) is 3.84. The second-order valence-electron chi connectivity index (χ2n) is 5.75. The molecule has 0 rings (SSSR count). The van der Waals surface area contributed by atoms with Gasteiger partial charge in [0.15, 0.2) is 0 Å². The number of hydrogen-bond donors (Lipinski definition) is 2. The molecule has 18 heavy (non-hydrogen) atoms. The highest BCUT2D eigenvalue weighted by Gasteiger charge is 2.14. The van der Waals surface area contributed by atoms with E-state index in [1.54, 1.807) is 0 Å². The van der Waals surface area contributed by atoms with Gasteiger partial charge in [-0.1, -0.05) is 53.0 Å². The van der Waals surface area contributed by atoms with Crippen LogP contribution < -0.4 is 0 Å². The molecule has 108 valence electrons. The molecule has 2 nitrogen and oxygen atoms in total. The second-order valence-corrected chi connectivity index (χ2v) is 5.75. The van der Waals surface area contributed by atoms with E-state index in [1.807, 2.05) is 0 Å². The molecule has 0 saturated carbocycles. The molecule has 0 heterocycles. The molecule has 2 N–H and O–H groups in total. The van der Waals surface area contributed by atoms with E-state index >= 15 is 0 Å². The van der Waals surface area contributed by atoms with Gasteiger partial charge in [-0.15, -0.1) is 0 Å². The number of aliphatic hydroxyl groups excluding tert-OH is 2. The summed E-state index contributed by atoms with van der Waals surface area (Å²) in [6, 6.07) is 0. The Morgan fingerprint density at radius 1 is 1.11 bits per heavy atom. The molecule has 2 heteroatoms. The van der Waals surface area contributed by atoms with Crippen molar-refractivity contribution in [2.45, 2.75) is 71.8 Å². The lowest BCUT2D eigenvalue weighted by Gasteiger charge is -2.21. The number of hydrogen-bond acceptors (Lipinski definition) is 2. The van der Waals surface area contributed by atoms with Crippen LogP contribution in [-0.2, 0) is 0 Å². The molecular formula is C16H32O2. The molecule has 0 amide bonds. The summed E-state index contributed by atoms with van der Waals surface area (Å²) in [7, 11) is 0. The largest absolute Gasteiger partial charge is 0.393 e. The van der Waals surface area contributed by atoms with Gasteiger partial charge in [-0.05, 0) is 36.7 Å². The lowest BCUT2D eigenvalue weighted by atomic mass is 9.85. The molecule has 0 aliphatic heterocycles. The van der Waals surface area contributed by atoms with Crippen molar-refractivity contribution in [3.8, 4) is 0 Å². The first-order valence-corrected chi connectivity index (χ1v) is 7.49. The Bertz CT molecular complexity index is 211. The normalized spacial score (nSPS) is 14.8. The maximum atomic E-state index is 9.42. The summed E-state index contributed by atoms with van der Waals surface area (Å²) in [5.41, 5.74) is 0.772. The summed E-state index contributed by atoms with van der Waals surface area (Å²) in [5.74, 6) is 1.52. The van der Waals surface area contributed by atoms with E-state index in [-0.39, 0.29) is 6.61 Å². The van der Waals surface area contributed by atoms with Gasteiger partial charge in [0.2, 0.25) is 0 Å². The van der Waals surface area contributed by atoms with Crippen molar-refractivity contribution in [1.82, 2.24) is 0 Å². The molecule has 0 aromatic carbocycles. The topological polar surface area (TPSA) is 40.5 Å². The molecule has 0 spiro atoms. The minimum atomic E-state index is -0.734. The van der Waals surface area contributed by atoms with Gasteiger partial charge in [-0.2, -0.15) is 0 Å². The third-order valence-electron chi connectivity index (χ3n) is 3.84. The predicted molar refractivity (Wildman–Crippen MR) is 78.6 cm³/mol. The Morgan fingerprint density at radius 2 is 1.72 bits per heavy atom. The van der Waals surface area contributed by atoms with E-state index in [9.17, 15) is 5.11 Å². The molecule has 0 aliphatic carbocycles. The Balaban J connectivity index is 3.86. The van der Waals surface area contributed by atoms with Crippen LogP contribution in [0.4, 0.5) is 0 Å². The number of aliphatic hydroxyl groups is 2. The van der Waals surface area contributed by atoms with E-state index in [2.05, 4.69) is 27.4 Å². The number of unbranched alkanes of at least 4 members (excludes halogenated alkanes) is 2. The van der Waals surface area contributed by atoms with E-state index in [1.165, 1.54) is 32.1 Å². The highest BCUT2D eigenvalue weighted by atomic mass is 16.3. The maximum absolute atomic E-state index is 9.42. The van der Waals surface area contributed by atoms with Crippen LogP contribution in [0.3, 0.4) is 0 Å². The summed E-state index contributed by atoms with van der Waals surface area (Å²) in [5, 5.41) is 18.3. The van der Waals surface area contributed by atoms with Crippen LogP contribution in [0.1, 0.15) is 65.7 Å². The first-order valence-electron chi connectivity index (χ1n) is 7.49. The minimum Gasteiger partial charge on any atom is -0.393 e. The lowest BCUT2D eigenvalue weighted by molar-refractivity contribution is 0.119. The fourth-order valence-corrected chi connectivity index (χ4v) is 2.35. The standard InChI is InChI=1S/C16H32O2/c1-5-6-7-10-15(13(2)3)11-8-9-14(4)16(18)12-17/h13,15-18H,4-12H2,1-3H3/t15-,16+/m1/s1. The van der Waals surface area contributed by atoms with E-state index in [0.29, 0.717) is 0 Å².